The van der Waals surface area contributed by atoms with E-state index in [1.165, 1.54) is 13.4 Å². The van der Waals surface area contributed by atoms with E-state index in [0.717, 1.165) is 18.4 Å². The van der Waals surface area contributed by atoms with Gasteiger partial charge in [-0.2, -0.15) is 0 Å². The Bertz CT molecular complexity index is 898. The van der Waals surface area contributed by atoms with Gasteiger partial charge in [0.2, 0.25) is 5.88 Å². The monoisotopic (exact) mass is 418 g/mol. The molecular formula is C20H23ClN4O4. The Balaban J connectivity index is 1.49. The van der Waals surface area contributed by atoms with Crippen LogP contribution in [0.2, 0.25) is 5.02 Å². The quantitative estimate of drug-likeness (QED) is 0.716. The van der Waals surface area contributed by atoms with Gasteiger partial charge < -0.3 is 24.8 Å². The third-order valence-corrected chi connectivity index (χ3v) is 5.48. The predicted molar refractivity (Wildman–Crippen MR) is 108 cm³/mol. The summed E-state index contributed by atoms with van der Waals surface area (Å²) in [6.07, 6.45) is 3.30. The summed E-state index contributed by atoms with van der Waals surface area (Å²) < 4.78 is 16.5. The van der Waals surface area contributed by atoms with Crippen molar-refractivity contribution in [1.29, 1.82) is 0 Å². The SMILES string of the molecule is COC(=O)c1ccc(Nc2ncnc(OC3CC4COCC(C3)N4)c2C)c(Cl)c1. The molecule has 2 aliphatic heterocycles. The molecule has 2 saturated heterocycles. The van der Waals surface area contributed by atoms with Crippen molar-refractivity contribution in [2.45, 2.75) is 38.0 Å². The van der Waals surface area contributed by atoms with E-state index in [-0.39, 0.29) is 6.10 Å². The molecule has 2 bridgehead atoms. The van der Waals surface area contributed by atoms with Crippen LogP contribution in [-0.4, -0.2) is 54.4 Å². The molecule has 154 valence electrons. The van der Waals surface area contributed by atoms with Crippen molar-refractivity contribution in [3.8, 4) is 5.88 Å². The lowest BCUT2D eigenvalue weighted by Crippen LogP contribution is -2.56. The molecule has 0 radical (unpaired) electrons. The third-order valence-electron chi connectivity index (χ3n) is 5.16. The molecule has 29 heavy (non-hydrogen) atoms. The number of methoxy groups -OCH3 is 1. The summed E-state index contributed by atoms with van der Waals surface area (Å²) in [5.41, 5.74) is 1.80. The number of anilines is 2. The minimum atomic E-state index is -0.440. The second-order valence-corrected chi connectivity index (χ2v) is 7.68. The van der Waals surface area contributed by atoms with Gasteiger partial charge in [-0.1, -0.05) is 11.6 Å². The zero-order valence-corrected chi connectivity index (χ0v) is 17.0. The summed E-state index contributed by atoms with van der Waals surface area (Å²) in [5.74, 6) is 0.709. The average molecular weight is 419 g/mol. The van der Waals surface area contributed by atoms with Crippen molar-refractivity contribution in [3.63, 3.8) is 0 Å². The van der Waals surface area contributed by atoms with Crippen LogP contribution in [0.5, 0.6) is 5.88 Å². The lowest BCUT2D eigenvalue weighted by molar-refractivity contribution is -0.0134. The molecule has 2 aliphatic rings. The van der Waals surface area contributed by atoms with Crippen LogP contribution in [0.25, 0.3) is 0 Å². The smallest absolute Gasteiger partial charge is 0.337 e. The minimum absolute atomic E-state index is 0.0829. The maximum absolute atomic E-state index is 11.6. The Labute approximate surface area is 173 Å². The molecule has 4 rings (SSSR count). The van der Waals surface area contributed by atoms with Crippen LogP contribution in [-0.2, 0) is 9.47 Å². The summed E-state index contributed by atoms with van der Waals surface area (Å²) in [6.45, 7) is 3.33. The topological polar surface area (TPSA) is 94.6 Å². The molecule has 2 fully saturated rings. The Hall–Kier alpha value is -2.42. The lowest BCUT2D eigenvalue weighted by atomic mass is 9.95. The van der Waals surface area contributed by atoms with Gasteiger partial charge in [0, 0.05) is 24.9 Å². The van der Waals surface area contributed by atoms with Crippen molar-refractivity contribution in [1.82, 2.24) is 15.3 Å². The fraction of sp³-hybridized carbons (Fsp3) is 0.450. The van der Waals surface area contributed by atoms with Crippen molar-refractivity contribution >= 4 is 29.1 Å². The maximum Gasteiger partial charge on any atom is 0.337 e. The first kappa shape index (κ1) is 19.9. The van der Waals surface area contributed by atoms with Gasteiger partial charge >= 0.3 is 5.97 Å². The summed E-state index contributed by atoms with van der Waals surface area (Å²) in [4.78, 5) is 20.3. The van der Waals surface area contributed by atoms with E-state index < -0.39 is 5.97 Å². The van der Waals surface area contributed by atoms with Crippen LogP contribution in [0.15, 0.2) is 24.5 Å². The molecule has 0 amide bonds. The number of benzene rings is 1. The molecule has 8 nitrogen and oxygen atoms in total. The van der Waals surface area contributed by atoms with Gasteiger partial charge in [-0.3, -0.25) is 0 Å². The molecule has 2 atom stereocenters. The van der Waals surface area contributed by atoms with Gasteiger partial charge in [0.15, 0.2) is 0 Å². The summed E-state index contributed by atoms with van der Waals surface area (Å²) in [7, 11) is 1.33. The van der Waals surface area contributed by atoms with Gasteiger partial charge in [-0.15, -0.1) is 0 Å². The zero-order valence-electron chi connectivity index (χ0n) is 16.3. The molecule has 1 aromatic carbocycles. The number of ether oxygens (including phenoxy) is 3. The molecule has 2 aromatic rings. The fourth-order valence-electron chi connectivity index (χ4n) is 3.71. The highest BCUT2D eigenvalue weighted by molar-refractivity contribution is 6.33. The van der Waals surface area contributed by atoms with E-state index in [1.807, 2.05) is 6.92 Å². The van der Waals surface area contributed by atoms with Crippen molar-refractivity contribution in [2.75, 3.05) is 25.6 Å². The Morgan fingerprint density at radius 2 is 2.03 bits per heavy atom. The van der Waals surface area contributed by atoms with E-state index >= 15 is 0 Å². The second kappa shape index (κ2) is 8.52. The van der Waals surface area contributed by atoms with Crippen LogP contribution in [0, 0.1) is 6.92 Å². The number of carbonyl (C=O) groups is 1. The number of hydrogen-bond donors (Lipinski definition) is 2. The first-order chi connectivity index (χ1) is 14.0. The Morgan fingerprint density at radius 1 is 1.28 bits per heavy atom. The number of hydrogen-bond acceptors (Lipinski definition) is 8. The van der Waals surface area contributed by atoms with E-state index in [4.69, 9.17) is 25.8 Å². The van der Waals surface area contributed by atoms with E-state index in [9.17, 15) is 4.79 Å². The highest BCUT2D eigenvalue weighted by Crippen LogP contribution is 2.31. The number of piperidine rings is 1. The first-order valence-electron chi connectivity index (χ1n) is 9.50. The summed E-state index contributed by atoms with van der Waals surface area (Å²) in [5, 5.41) is 7.14. The van der Waals surface area contributed by atoms with E-state index in [2.05, 4.69) is 20.6 Å². The molecule has 9 heteroatoms. The summed E-state index contributed by atoms with van der Waals surface area (Å²) in [6, 6.07) is 5.55. The molecule has 3 heterocycles. The predicted octanol–water partition coefficient (Wildman–Crippen LogP) is 2.87. The highest BCUT2D eigenvalue weighted by atomic mass is 35.5. The van der Waals surface area contributed by atoms with Crippen LogP contribution in [0.3, 0.4) is 0 Å². The molecule has 0 aliphatic carbocycles. The number of esters is 1. The van der Waals surface area contributed by atoms with Gasteiger partial charge in [-0.05, 0) is 25.1 Å². The number of fused-ring (bicyclic) bond motifs is 2. The van der Waals surface area contributed by atoms with Crippen LogP contribution >= 0.6 is 11.6 Å². The Morgan fingerprint density at radius 3 is 2.72 bits per heavy atom. The standard InChI is InChI=1S/C20H23ClN4O4/c1-11-18(25-17-4-3-12(5-16(17)21)20(26)27-2)22-10-23-19(11)29-15-6-13-8-28-9-14(7-15)24-13/h3-5,10,13-15,24H,6-9H2,1-2H3,(H,22,23,25). The molecule has 2 unspecified atom stereocenters. The van der Waals surface area contributed by atoms with Gasteiger partial charge in [0.25, 0.3) is 0 Å². The van der Waals surface area contributed by atoms with Crippen LogP contribution in [0.4, 0.5) is 11.5 Å². The van der Waals surface area contributed by atoms with Crippen molar-refractivity contribution < 1.29 is 19.0 Å². The van der Waals surface area contributed by atoms with Crippen LogP contribution < -0.4 is 15.4 Å². The molecular weight excluding hydrogens is 396 g/mol. The van der Waals surface area contributed by atoms with Crippen molar-refractivity contribution in [3.05, 3.63) is 40.7 Å². The normalized spacial score (nSPS) is 23.3. The van der Waals surface area contributed by atoms with Gasteiger partial charge in [-0.25, -0.2) is 14.8 Å². The highest BCUT2D eigenvalue weighted by Gasteiger charge is 2.33. The number of morpholine rings is 1. The molecule has 0 spiro atoms. The van der Waals surface area contributed by atoms with E-state index in [0.29, 0.717) is 53.3 Å². The Kier molecular flexibility index (Phi) is 5.84. The number of nitrogens with zero attached hydrogens (tertiary/aromatic N) is 2. The first-order valence-corrected chi connectivity index (χ1v) is 9.88. The number of aromatic nitrogens is 2. The van der Waals surface area contributed by atoms with Crippen LogP contribution in [0.1, 0.15) is 28.8 Å². The van der Waals surface area contributed by atoms with Gasteiger partial charge in [0.05, 0.1) is 42.2 Å². The molecule has 0 saturated carbocycles. The maximum atomic E-state index is 11.6. The fourth-order valence-corrected chi connectivity index (χ4v) is 3.93. The molecule has 1 aromatic heterocycles. The molecule has 2 N–H and O–H groups in total. The summed E-state index contributed by atoms with van der Waals surface area (Å²) >= 11 is 6.32. The zero-order chi connectivity index (χ0) is 20.4. The van der Waals surface area contributed by atoms with Gasteiger partial charge in [0.1, 0.15) is 18.2 Å². The number of halogens is 1. The number of carbonyl (C=O) groups excluding carboxylic acids is 1. The number of rotatable bonds is 5. The number of nitrogens with one attached hydrogen (secondary N) is 2. The minimum Gasteiger partial charge on any atom is -0.474 e. The largest absolute Gasteiger partial charge is 0.474 e. The third kappa shape index (κ3) is 4.44. The average Bonchev–Trinajstić information content (AvgIpc) is 2.71. The lowest BCUT2D eigenvalue weighted by Gasteiger charge is -2.39. The second-order valence-electron chi connectivity index (χ2n) is 7.27. The van der Waals surface area contributed by atoms with E-state index in [1.54, 1.807) is 18.2 Å². The van der Waals surface area contributed by atoms with Crippen molar-refractivity contribution in [2.24, 2.45) is 0 Å².